The summed E-state index contributed by atoms with van der Waals surface area (Å²) in [5.74, 6) is 1.07. The average Bonchev–Trinajstić information content (AvgIpc) is 2.42. The van der Waals surface area contributed by atoms with Gasteiger partial charge in [0.05, 0.1) is 13.2 Å². The summed E-state index contributed by atoms with van der Waals surface area (Å²) in [5, 5.41) is 12.4. The van der Waals surface area contributed by atoms with Crippen LogP contribution in [0.4, 0.5) is 0 Å². The van der Waals surface area contributed by atoms with Crippen molar-refractivity contribution in [1.82, 2.24) is 5.32 Å². The van der Waals surface area contributed by atoms with Crippen molar-refractivity contribution < 1.29 is 14.6 Å². The minimum Gasteiger partial charge on any atom is -0.493 e. The van der Waals surface area contributed by atoms with Crippen LogP contribution in [-0.2, 0) is 11.3 Å². The fraction of sp³-hybridized carbons (Fsp3) is 0.600. The predicted octanol–water partition coefficient (Wildman–Crippen LogP) is 1.74. The lowest BCUT2D eigenvalue weighted by atomic mass is 10.1. The Kier molecular flexibility index (Phi) is 7.48. The molecule has 1 atom stereocenters. The van der Waals surface area contributed by atoms with Crippen LogP contribution in [0.5, 0.6) is 5.75 Å². The molecule has 0 bridgehead atoms. The average molecular weight is 267 g/mol. The normalized spacial score (nSPS) is 12.4. The fourth-order valence-electron chi connectivity index (χ4n) is 1.73. The first-order valence-corrected chi connectivity index (χ1v) is 6.70. The monoisotopic (exact) mass is 267 g/mol. The van der Waals surface area contributed by atoms with Crippen LogP contribution in [-0.4, -0.2) is 38.6 Å². The molecule has 0 saturated heterocycles. The van der Waals surface area contributed by atoms with Crippen molar-refractivity contribution in [2.24, 2.45) is 5.92 Å². The first-order chi connectivity index (χ1) is 9.19. The number of nitrogens with one attached hydrogen (secondary N) is 1. The molecule has 0 heterocycles. The number of hydrogen-bond acceptors (Lipinski definition) is 4. The fourth-order valence-corrected chi connectivity index (χ4v) is 1.73. The maximum Gasteiger partial charge on any atom is 0.126 e. The highest BCUT2D eigenvalue weighted by Gasteiger charge is 2.08. The molecule has 0 aliphatic heterocycles. The van der Waals surface area contributed by atoms with Crippen LogP contribution in [0.2, 0.25) is 0 Å². The number of methoxy groups -OCH3 is 1. The molecule has 4 nitrogen and oxygen atoms in total. The summed E-state index contributed by atoms with van der Waals surface area (Å²) in [6, 6.07) is 6.13. The SMILES string of the molecule is COCCNCc1cccc(C)c1OCC(C)CO. The van der Waals surface area contributed by atoms with Gasteiger partial charge in [0.15, 0.2) is 0 Å². The Hall–Kier alpha value is -1.10. The summed E-state index contributed by atoms with van der Waals surface area (Å²) in [5.41, 5.74) is 2.26. The molecule has 0 amide bonds. The smallest absolute Gasteiger partial charge is 0.126 e. The molecular weight excluding hydrogens is 242 g/mol. The third kappa shape index (κ3) is 5.59. The lowest BCUT2D eigenvalue weighted by Crippen LogP contribution is -2.20. The summed E-state index contributed by atoms with van der Waals surface area (Å²) < 4.78 is 10.9. The van der Waals surface area contributed by atoms with Crippen molar-refractivity contribution in [1.29, 1.82) is 0 Å². The molecule has 1 rings (SSSR count). The van der Waals surface area contributed by atoms with Gasteiger partial charge >= 0.3 is 0 Å². The van der Waals surface area contributed by atoms with Gasteiger partial charge in [-0.25, -0.2) is 0 Å². The Bertz CT molecular complexity index is 368. The number of para-hydroxylation sites is 1. The van der Waals surface area contributed by atoms with Crippen molar-refractivity contribution in [3.63, 3.8) is 0 Å². The number of ether oxygens (including phenoxy) is 2. The summed E-state index contributed by atoms with van der Waals surface area (Å²) in [7, 11) is 1.69. The van der Waals surface area contributed by atoms with Crippen LogP contribution in [0.25, 0.3) is 0 Å². The lowest BCUT2D eigenvalue weighted by Gasteiger charge is -2.16. The van der Waals surface area contributed by atoms with E-state index in [2.05, 4.69) is 11.4 Å². The molecule has 0 spiro atoms. The van der Waals surface area contributed by atoms with Gasteiger partial charge in [-0.05, 0) is 12.5 Å². The van der Waals surface area contributed by atoms with E-state index in [1.54, 1.807) is 7.11 Å². The van der Waals surface area contributed by atoms with E-state index < -0.39 is 0 Å². The molecule has 0 radical (unpaired) electrons. The zero-order valence-electron chi connectivity index (χ0n) is 12.1. The van der Waals surface area contributed by atoms with Crippen molar-refractivity contribution in [2.45, 2.75) is 20.4 Å². The first kappa shape index (κ1) is 16.0. The van der Waals surface area contributed by atoms with Crippen molar-refractivity contribution in [3.8, 4) is 5.75 Å². The summed E-state index contributed by atoms with van der Waals surface area (Å²) in [6.07, 6.45) is 0. The third-order valence-corrected chi connectivity index (χ3v) is 2.92. The maximum absolute atomic E-state index is 9.05. The predicted molar refractivity (Wildman–Crippen MR) is 76.5 cm³/mol. The zero-order chi connectivity index (χ0) is 14.1. The van der Waals surface area contributed by atoms with Gasteiger partial charge in [0.2, 0.25) is 0 Å². The highest BCUT2D eigenvalue weighted by molar-refractivity contribution is 5.40. The molecule has 4 heteroatoms. The summed E-state index contributed by atoms with van der Waals surface area (Å²) in [6.45, 7) is 6.96. The van der Waals surface area contributed by atoms with Gasteiger partial charge in [0.1, 0.15) is 5.75 Å². The number of benzene rings is 1. The molecule has 0 aromatic heterocycles. The molecule has 19 heavy (non-hydrogen) atoms. The highest BCUT2D eigenvalue weighted by Crippen LogP contribution is 2.23. The number of aliphatic hydroxyl groups excluding tert-OH is 1. The van der Waals surface area contributed by atoms with Crippen LogP contribution in [0, 0.1) is 12.8 Å². The van der Waals surface area contributed by atoms with Gasteiger partial charge in [-0.15, -0.1) is 0 Å². The van der Waals surface area contributed by atoms with E-state index in [9.17, 15) is 0 Å². The van der Waals surface area contributed by atoms with E-state index in [1.807, 2.05) is 26.0 Å². The van der Waals surface area contributed by atoms with Gasteiger partial charge < -0.3 is 19.9 Å². The quantitative estimate of drug-likeness (QED) is 0.669. The van der Waals surface area contributed by atoms with Crippen LogP contribution >= 0.6 is 0 Å². The molecule has 0 aliphatic rings. The maximum atomic E-state index is 9.05. The molecule has 108 valence electrons. The van der Waals surface area contributed by atoms with E-state index >= 15 is 0 Å². The Balaban J connectivity index is 2.61. The Morgan fingerprint density at radius 1 is 1.37 bits per heavy atom. The van der Waals surface area contributed by atoms with Gasteiger partial charge in [0.25, 0.3) is 0 Å². The summed E-state index contributed by atoms with van der Waals surface area (Å²) in [4.78, 5) is 0. The van der Waals surface area contributed by atoms with Crippen LogP contribution < -0.4 is 10.1 Å². The number of rotatable bonds is 9. The highest BCUT2D eigenvalue weighted by atomic mass is 16.5. The van der Waals surface area contributed by atoms with Gasteiger partial charge in [-0.1, -0.05) is 25.1 Å². The minimum atomic E-state index is 0.146. The van der Waals surface area contributed by atoms with Gasteiger partial charge in [-0.3, -0.25) is 0 Å². The summed E-state index contributed by atoms with van der Waals surface area (Å²) >= 11 is 0. The topological polar surface area (TPSA) is 50.7 Å². The molecule has 1 unspecified atom stereocenters. The van der Waals surface area contributed by atoms with Crippen LogP contribution in [0.1, 0.15) is 18.1 Å². The van der Waals surface area contributed by atoms with Crippen LogP contribution in [0.15, 0.2) is 18.2 Å². The second-order valence-electron chi connectivity index (χ2n) is 4.83. The first-order valence-electron chi connectivity index (χ1n) is 6.70. The van der Waals surface area contributed by atoms with E-state index in [1.165, 1.54) is 0 Å². The second-order valence-corrected chi connectivity index (χ2v) is 4.83. The Morgan fingerprint density at radius 2 is 2.16 bits per heavy atom. The van der Waals surface area contributed by atoms with Crippen molar-refractivity contribution in [2.75, 3.05) is 33.5 Å². The van der Waals surface area contributed by atoms with E-state index in [4.69, 9.17) is 14.6 Å². The van der Waals surface area contributed by atoms with Crippen molar-refractivity contribution >= 4 is 0 Å². The van der Waals surface area contributed by atoms with E-state index in [0.29, 0.717) is 13.2 Å². The Labute approximate surface area is 115 Å². The lowest BCUT2D eigenvalue weighted by molar-refractivity contribution is 0.172. The molecular formula is C15H25NO3. The number of aliphatic hydroxyl groups is 1. The molecule has 0 aliphatic carbocycles. The zero-order valence-corrected chi connectivity index (χ0v) is 12.1. The largest absolute Gasteiger partial charge is 0.493 e. The molecule has 1 aromatic rings. The molecule has 1 aromatic carbocycles. The molecule has 0 fully saturated rings. The van der Waals surface area contributed by atoms with Gasteiger partial charge in [0, 0.05) is 38.3 Å². The van der Waals surface area contributed by atoms with Crippen LogP contribution in [0.3, 0.4) is 0 Å². The minimum absolute atomic E-state index is 0.146. The van der Waals surface area contributed by atoms with Crippen molar-refractivity contribution in [3.05, 3.63) is 29.3 Å². The third-order valence-electron chi connectivity index (χ3n) is 2.92. The number of hydrogen-bond donors (Lipinski definition) is 2. The van der Waals surface area contributed by atoms with Gasteiger partial charge in [-0.2, -0.15) is 0 Å². The second kappa shape index (κ2) is 8.91. The standard InChI is InChI=1S/C15H25NO3/c1-12(10-17)11-19-15-13(2)5-4-6-14(15)9-16-7-8-18-3/h4-6,12,16-17H,7-11H2,1-3H3. The van der Waals surface area contributed by atoms with E-state index in [-0.39, 0.29) is 12.5 Å². The Morgan fingerprint density at radius 3 is 2.84 bits per heavy atom. The molecule has 2 N–H and O–H groups in total. The molecule has 0 saturated carbocycles. The van der Waals surface area contributed by atoms with E-state index in [0.717, 1.165) is 30.0 Å². The number of aryl methyl sites for hydroxylation is 1.